The summed E-state index contributed by atoms with van der Waals surface area (Å²) in [5.41, 5.74) is 6.55. The molecule has 0 aliphatic carbocycles. The van der Waals surface area contributed by atoms with E-state index in [4.69, 9.17) is 10.5 Å². The van der Waals surface area contributed by atoms with Crippen LogP contribution in [0.5, 0.6) is 0 Å². The van der Waals surface area contributed by atoms with Gasteiger partial charge in [0.05, 0.1) is 6.61 Å². The first-order valence-corrected chi connectivity index (χ1v) is 5.06. The van der Waals surface area contributed by atoms with E-state index < -0.39 is 0 Å². The Morgan fingerprint density at radius 2 is 2.27 bits per heavy atom. The van der Waals surface area contributed by atoms with Gasteiger partial charge in [0.2, 0.25) is 0 Å². The highest BCUT2D eigenvalue weighted by atomic mass is 16.5. The molecule has 1 heterocycles. The molecule has 15 heavy (non-hydrogen) atoms. The molecule has 0 aliphatic rings. The fourth-order valence-corrected chi connectivity index (χ4v) is 1.18. The maximum atomic E-state index is 5.67. The van der Waals surface area contributed by atoms with E-state index in [1.807, 2.05) is 20.8 Å². The van der Waals surface area contributed by atoms with Crippen molar-refractivity contribution in [1.82, 2.24) is 9.97 Å². The van der Waals surface area contributed by atoms with Crippen LogP contribution in [0.2, 0.25) is 0 Å². The van der Waals surface area contributed by atoms with Gasteiger partial charge in [-0.1, -0.05) is 0 Å². The summed E-state index contributed by atoms with van der Waals surface area (Å²) in [6, 6.07) is 0.206. The number of hydrogen-bond acceptors (Lipinski definition) is 5. The Labute approximate surface area is 90.1 Å². The molecule has 1 atom stereocenters. The van der Waals surface area contributed by atoms with E-state index in [2.05, 4.69) is 15.3 Å². The molecule has 0 aromatic carbocycles. The molecular weight excluding hydrogens is 192 g/mol. The summed E-state index contributed by atoms with van der Waals surface area (Å²) in [7, 11) is 0. The lowest BCUT2D eigenvalue weighted by Gasteiger charge is -2.15. The molecule has 0 bridgehead atoms. The van der Waals surface area contributed by atoms with Gasteiger partial charge in [0.25, 0.3) is 0 Å². The Morgan fingerprint density at radius 1 is 1.53 bits per heavy atom. The van der Waals surface area contributed by atoms with E-state index in [1.165, 1.54) is 6.33 Å². The predicted molar refractivity (Wildman–Crippen MR) is 60.8 cm³/mol. The summed E-state index contributed by atoms with van der Waals surface area (Å²) in [6.07, 6.45) is 1.46. The van der Waals surface area contributed by atoms with Gasteiger partial charge in [-0.3, -0.25) is 0 Å². The first-order valence-electron chi connectivity index (χ1n) is 5.06. The highest BCUT2D eigenvalue weighted by Crippen LogP contribution is 2.15. The first kappa shape index (κ1) is 11.7. The summed E-state index contributed by atoms with van der Waals surface area (Å²) in [5.74, 6) is 1.28. The van der Waals surface area contributed by atoms with Crippen molar-refractivity contribution in [2.24, 2.45) is 0 Å². The van der Waals surface area contributed by atoms with Crippen molar-refractivity contribution in [3.8, 4) is 0 Å². The molecule has 0 radical (unpaired) electrons. The number of anilines is 2. The van der Waals surface area contributed by atoms with Crippen LogP contribution in [0.25, 0.3) is 0 Å². The van der Waals surface area contributed by atoms with E-state index in [0.717, 1.165) is 18.0 Å². The van der Waals surface area contributed by atoms with Crippen molar-refractivity contribution < 1.29 is 4.74 Å². The van der Waals surface area contributed by atoms with Crippen LogP contribution in [0.15, 0.2) is 6.33 Å². The quantitative estimate of drug-likeness (QED) is 0.764. The molecule has 0 saturated heterocycles. The van der Waals surface area contributed by atoms with Gasteiger partial charge in [0.1, 0.15) is 18.0 Å². The lowest BCUT2D eigenvalue weighted by atomic mass is 10.3. The minimum absolute atomic E-state index is 0.206. The van der Waals surface area contributed by atoms with Crippen molar-refractivity contribution in [3.63, 3.8) is 0 Å². The highest BCUT2D eigenvalue weighted by Gasteiger charge is 2.07. The molecular formula is C10H18N4O. The summed E-state index contributed by atoms with van der Waals surface area (Å²) in [4.78, 5) is 8.03. The van der Waals surface area contributed by atoms with Crippen molar-refractivity contribution in [2.45, 2.75) is 26.8 Å². The fourth-order valence-electron chi connectivity index (χ4n) is 1.18. The molecule has 1 rings (SSSR count). The van der Waals surface area contributed by atoms with Crippen LogP contribution < -0.4 is 11.1 Å². The Balaban J connectivity index is 2.60. The molecule has 84 valence electrons. The third-order valence-electron chi connectivity index (χ3n) is 2.08. The molecule has 5 heteroatoms. The number of aromatic nitrogens is 2. The third kappa shape index (κ3) is 3.36. The minimum Gasteiger partial charge on any atom is -0.383 e. The molecule has 0 aliphatic heterocycles. The van der Waals surface area contributed by atoms with Crippen LogP contribution in [-0.2, 0) is 4.74 Å². The van der Waals surface area contributed by atoms with Gasteiger partial charge in [-0.05, 0) is 20.8 Å². The second-order valence-electron chi connectivity index (χ2n) is 3.44. The zero-order chi connectivity index (χ0) is 11.3. The summed E-state index contributed by atoms with van der Waals surface area (Å²) in [6.45, 7) is 7.27. The van der Waals surface area contributed by atoms with Crippen molar-refractivity contribution in [1.29, 1.82) is 0 Å². The number of nitrogen functional groups attached to an aromatic ring is 1. The van der Waals surface area contributed by atoms with E-state index in [-0.39, 0.29) is 6.04 Å². The van der Waals surface area contributed by atoms with E-state index >= 15 is 0 Å². The van der Waals surface area contributed by atoms with Gasteiger partial charge in [-0.2, -0.15) is 0 Å². The standard InChI is InChI=1S/C10H18N4O/c1-4-15-5-7(2)14-10-8(3)9(11)12-6-13-10/h6-7H,4-5H2,1-3H3,(H3,11,12,13,14). The van der Waals surface area contributed by atoms with E-state index in [0.29, 0.717) is 12.4 Å². The largest absolute Gasteiger partial charge is 0.383 e. The van der Waals surface area contributed by atoms with Crippen LogP contribution in [0.4, 0.5) is 11.6 Å². The molecule has 0 fully saturated rings. The Bertz CT molecular complexity index is 316. The van der Waals surface area contributed by atoms with Gasteiger partial charge in [-0.25, -0.2) is 9.97 Å². The van der Waals surface area contributed by atoms with Gasteiger partial charge in [0, 0.05) is 18.2 Å². The molecule has 3 N–H and O–H groups in total. The summed E-state index contributed by atoms with van der Waals surface area (Å²) < 4.78 is 5.30. The summed E-state index contributed by atoms with van der Waals surface area (Å²) in [5, 5.41) is 3.23. The fraction of sp³-hybridized carbons (Fsp3) is 0.600. The number of ether oxygens (including phenoxy) is 1. The molecule has 1 unspecified atom stereocenters. The number of hydrogen-bond donors (Lipinski definition) is 2. The van der Waals surface area contributed by atoms with Gasteiger partial charge >= 0.3 is 0 Å². The second-order valence-corrected chi connectivity index (χ2v) is 3.44. The second kappa shape index (κ2) is 5.50. The van der Waals surface area contributed by atoms with Gasteiger partial charge < -0.3 is 15.8 Å². The summed E-state index contributed by atoms with van der Waals surface area (Å²) >= 11 is 0. The Morgan fingerprint density at radius 3 is 2.93 bits per heavy atom. The molecule has 0 amide bonds. The molecule has 0 saturated carbocycles. The number of nitrogens with two attached hydrogens (primary N) is 1. The SMILES string of the molecule is CCOCC(C)Nc1ncnc(N)c1C. The molecule has 1 aromatic heterocycles. The first-order chi connectivity index (χ1) is 7.15. The molecule has 0 spiro atoms. The smallest absolute Gasteiger partial charge is 0.134 e. The molecule has 1 aromatic rings. The average Bonchev–Trinajstić information content (AvgIpc) is 2.22. The minimum atomic E-state index is 0.206. The normalized spacial score (nSPS) is 12.5. The number of nitrogens with zero attached hydrogens (tertiary/aromatic N) is 2. The van der Waals surface area contributed by atoms with Crippen LogP contribution in [0, 0.1) is 6.92 Å². The molecule has 5 nitrogen and oxygen atoms in total. The highest BCUT2D eigenvalue weighted by molar-refractivity contribution is 5.54. The maximum Gasteiger partial charge on any atom is 0.134 e. The Hall–Kier alpha value is -1.36. The number of nitrogens with one attached hydrogen (secondary N) is 1. The van der Waals surface area contributed by atoms with E-state index in [1.54, 1.807) is 0 Å². The predicted octanol–water partition coefficient (Wildman–Crippen LogP) is 1.20. The lowest BCUT2D eigenvalue weighted by molar-refractivity contribution is 0.141. The zero-order valence-corrected chi connectivity index (χ0v) is 9.45. The van der Waals surface area contributed by atoms with Crippen LogP contribution in [0.3, 0.4) is 0 Å². The van der Waals surface area contributed by atoms with E-state index in [9.17, 15) is 0 Å². The van der Waals surface area contributed by atoms with Gasteiger partial charge in [-0.15, -0.1) is 0 Å². The maximum absolute atomic E-state index is 5.67. The van der Waals surface area contributed by atoms with Gasteiger partial charge in [0.15, 0.2) is 0 Å². The van der Waals surface area contributed by atoms with Crippen molar-refractivity contribution in [3.05, 3.63) is 11.9 Å². The average molecular weight is 210 g/mol. The monoisotopic (exact) mass is 210 g/mol. The van der Waals surface area contributed by atoms with Crippen molar-refractivity contribution in [2.75, 3.05) is 24.3 Å². The van der Waals surface area contributed by atoms with Crippen molar-refractivity contribution >= 4 is 11.6 Å². The van der Waals surface area contributed by atoms with Crippen LogP contribution in [0.1, 0.15) is 19.4 Å². The zero-order valence-electron chi connectivity index (χ0n) is 9.45. The third-order valence-corrected chi connectivity index (χ3v) is 2.08. The topological polar surface area (TPSA) is 73.1 Å². The van der Waals surface area contributed by atoms with Crippen LogP contribution in [-0.4, -0.2) is 29.2 Å². The van der Waals surface area contributed by atoms with Crippen LogP contribution >= 0.6 is 0 Å². The Kier molecular flexibility index (Phi) is 4.30. The lowest BCUT2D eigenvalue weighted by Crippen LogP contribution is -2.23. The number of rotatable bonds is 5.